The van der Waals surface area contributed by atoms with E-state index in [2.05, 4.69) is 38.1 Å². The molecule has 0 bridgehead atoms. The minimum Gasteiger partial charge on any atom is -0.351 e. The average molecular weight is 333 g/mol. The maximum absolute atomic E-state index is 6.31. The van der Waals surface area contributed by atoms with Crippen LogP contribution in [0.15, 0.2) is 16.7 Å². The molecular formula is C13H19BrClN3. The molecule has 18 heavy (non-hydrogen) atoms. The Morgan fingerprint density at radius 1 is 1.56 bits per heavy atom. The van der Waals surface area contributed by atoms with Gasteiger partial charge in [-0.3, -0.25) is 0 Å². The number of hydrogen-bond donors (Lipinski definition) is 1. The summed E-state index contributed by atoms with van der Waals surface area (Å²) in [5.41, 5.74) is 0. The number of aromatic nitrogens is 1. The monoisotopic (exact) mass is 331 g/mol. The van der Waals surface area contributed by atoms with Gasteiger partial charge in [0.2, 0.25) is 0 Å². The molecule has 1 aliphatic heterocycles. The van der Waals surface area contributed by atoms with Gasteiger partial charge >= 0.3 is 0 Å². The summed E-state index contributed by atoms with van der Waals surface area (Å²) in [5.74, 6) is 0.919. The van der Waals surface area contributed by atoms with Crippen molar-refractivity contribution in [2.24, 2.45) is 0 Å². The number of nitrogens with zero attached hydrogens (tertiary/aromatic N) is 2. The Kier molecular flexibility index (Phi) is 5.27. The van der Waals surface area contributed by atoms with Gasteiger partial charge in [-0.2, -0.15) is 0 Å². The van der Waals surface area contributed by atoms with Gasteiger partial charge in [-0.05, 0) is 47.8 Å². The molecule has 0 spiro atoms. The molecule has 2 rings (SSSR count). The van der Waals surface area contributed by atoms with Crippen molar-refractivity contribution in [1.29, 1.82) is 0 Å². The Hall–Kier alpha value is -0.320. The highest BCUT2D eigenvalue weighted by Crippen LogP contribution is 2.30. The highest BCUT2D eigenvalue weighted by atomic mass is 79.9. The van der Waals surface area contributed by atoms with Crippen LogP contribution in [-0.4, -0.2) is 30.7 Å². The molecule has 0 saturated carbocycles. The predicted octanol–water partition coefficient (Wildman–Crippen LogP) is 3.47. The van der Waals surface area contributed by atoms with Crippen molar-refractivity contribution < 1.29 is 0 Å². The number of piperidine rings is 1. The van der Waals surface area contributed by atoms with E-state index in [0.29, 0.717) is 6.04 Å². The first-order chi connectivity index (χ1) is 8.72. The average Bonchev–Trinajstić information content (AvgIpc) is 2.37. The van der Waals surface area contributed by atoms with Gasteiger partial charge in [-0.25, -0.2) is 4.98 Å². The second-order valence-corrected chi connectivity index (χ2v) is 5.93. The first-order valence-electron chi connectivity index (χ1n) is 6.50. The van der Waals surface area contributed by atoms with E-state index >= 15 is 0 Å². The Balaban J connectivity index is 2.16. The third-order valence-electron chi connectivity index (χ3n) is 3.32. The zero-order valence-corrected chi connectivity index (χ0v) is 13.0. The molecule has 1 fully saturated rings. The van der Waals surface area contributed by atoms with Crippen molar-refractivity contribution in [2.75, 3.05) is 24.5 Å². The summed E-state index contributed by atoms with van der Waals surface area (Å²) < 4.78 is 0.927. The van der Waals surface area contributed by atoms with Crippen LogP contribution in [0.5, 0.6) is 0 Å². The fourth-order valence-corrected chi connectivity index (χ4v) is 3.16. The fraction of sp³-hybridized carbons (Fsp3) is 0.615. The van der Waals surface area contributed by atoms with Crippen molar-refractivity contribution in [3.8, 4) is 0 Å². The maximum Gasteiger partial charge on any atom is 0.147 e. The molecule has 1 aromatic heterocycles. The lowest BCUT2D eigenvalue weighted by Gasteiger charge is -2.37. The Bertz CT molecular complexity index is 400. The second-order valence-electron chi connectivity index (χ2n) is 4.61. The Morgan fingerprint density at radius 2 is 2.39 bits per heavy atom. The molecule has 3 nitrogen and oxygen atoms in total. The number of likely N-dealkylation sites (N-methyl/N-ethyl adjacent to an activating group) is 1. The molecule has 1 saturated heterocycles. The number of halogens is 2. The lowest BCUT2D eigenvalue weighted by atomic mass is 10.0. The van der Waals surface area contributed by atoms with Crippen LogP contribution in [0.25, 0.3) is 0 Å². The van der Waals surface area contributed by atoms with Gasteiger partial charge in [0.1, 0.15) is 5.82 Å². The topological polar surface area (TPSA) is 28.2 Å². The standard InChI is InChI=1S/C13H19BrClN3/c1-2-16-9-11-5-3-4-6-18(11)13-12(15)7-10(14)8-17-13/h7-8,11,16H,2-6,9H2,1H3. The third-order valence-corrected chi connectivity index (χ3v) is 4.03. The minimum atomic E-state index is 0.505. The minimum absolute atomic E-state index is 0.505. The molecule has 1 aromatic rings. The highest BCUT2D eigenvalue weighted by Gasteiger charge is 2.24. The number of rotatable bonds is 4. The summed E-state index contributed by atoms with van der Waals surface area (Å²) in [7, 11) is 0. The van der Waals surface area contributed by atoms with E-state index in [1.54, 1.807) is 0 Å². The molecule has 1 atom stereocenters. The van der Waals surface area contributed by atoms with E-state index in [9.17, 15) is 0 Å². The summed E-state index contributed by atoms with van der Waals surface area (Å²) in [6.45, 7) is 5.19. The molecule has 0 aliphatic carbocycles. The van der Waals surface area contributed by atoms with Gasteiger partial charge in [0, 0.05) is 29.8 Å². The molecule has 5 heteroatoms. The highest BCUT2D eigenvalue weighted by molar-refractivity contribution is 9.10. The molecule has 2 heterocycles. The summed E-state index contributed by atoms with van der Waals surface area (Å²) in [4.78, 5) is 6.83. The Morgan fingerprint density at radius 3 is 3.11 bits per heavy atom. The molecule has 1 unspecified atom stereocenters. The van der Waals surface area contributed by atoms with Crippen molar-refractivity contribution in [1.82, 2.24) is 10.3 Å². The van der Waals surface area contributed by atoms with E-state index in [1.165, 1.54) is 19.3 Å². The summed E-state index contributed by atoms with van der Waals surface area (Å²) in [6.07, 6.45) is 5.54. The van der Waals surface area contributed by atoms with E-state index in [0.717, 1.165) is 34.9 Å². The van der Waals surface area contributed by atoms with Crippen LogP contribution < -0.4 is 10.2 Å². The van der Waals surface area contributed by atoms with Crippen LogP contribution in [0.3, 0.4) is 0 Å². The van der Waals surface area contributed by atoms with Crippen LogP contribution in [0.2, 0.25) is 5.02 Å². The largest absolute Gasteiger partial charge is 0.351 e. The first-order valence-corrected chi connectivity index (χ1v) is 7.68. The van der Waals surface area contributed by atoms with Gasteiger partial charge in [-0.15, -0.1) is 0 Å². The lowest BCUT2D eigenvalue weighted by Crippen LogP contribution is -2.46. The van der Waals surface area contributed by atoms with Crippen LogP contribution >= 0.6 is 27.5 Å². The van der Waals surface area contributed by atoms with E-state index < -0.39 is 0 Å². The van der Waals surface area contributed by atoms with Crippen LogP contribution in [0.1, 0.15) is 26.2 Å². The molecule has 0 radical (unpaired) electrons. The molecule has 1 N–H and O–H groups in total. The molecule has 100 valence electrons. The normalized spacial score (nSPS) is 20.2. The van der Waals surface area contributed by atoms with Crippen LogP contribution in [-0.2, 0) is 0 Å². The van der Waals surface area contributed by atoms with E-state index in [4.69, 9.17) is 11.6 Å². The van der Waals surface area contributed by atoms with Crippen LogP contribution in [0.4, 0.5) is 5.82 Å². The molecular weight excluding hydrogens is 314 g/mol. The smallest absolute Gasteiger partial charge is 0.147 e. The van der Waals surface area contributed by atoms with Gasteiger partial charge in [0.25, 0.3) is 0 Å². The predicted molar refractivity (Wildman–Crippen MR) is 80.5 cm³/mol. The zero-order valence-electron chi connectivity index (χ0n) is 10.6. The molecule has 0 aromatic carbocycles. The number of pyridine rings is 1. The summed E-state index contributed by atoms with van der Waals surface area (Å²) >= 11 is 9.71. The SMILES string of the molecule is CCNCC1CCCCN1c1ncc(Br)cc1Cl. The number of hydrogen-bond acceptors (Lipinski definition) is 3. The second kappa shape index (κ2) is 6.73. The lowest BCUT2D eigenvalue weighted by molar-refractivity contribution is 0.436. The fourth-order valence-electron chi connectivity index (χ4n) is 2.42. The maximum atomic E-state index is 6.31. The van der Waals surface area contributed by atoms with Gasteiger partial charge in [-0.1, -0.05) is 18.5 Å². The third kappa shape index (κ3) is 3.37. The quantitative estimate of drug-likeness (QED) is 0.915. The van der Waals surface area contributed by atoms with Crippen LogP contribution in [0, 0.1) is 0 Å². The van der Waals surface area contributed by atoms with Crippen molar-refractivity contribution in [2.45, 2.75) is 32.2 Å². The van der Waals surface area contributed by atoms with E-state index in [1.807, 2.05) is 12.3 Å². The Labute approximate surface area is 122 Å². The molecule has 1 aliphatic rings. The molecule has 0 amide bonds. The van der Waals surface area contributed by atoms with Gasteiger partial charge in [0.05, 0.1) is 5.02 Å². The zero-order chi connectivity index (χ0) is 13.0. The van der Waals surface area contributed by atoms with Crippen molar-refractivity contribution in [3.63, 3.8) is 0 Å². The van der Waals surface area contributed by atoms with Crippen molar-refractivity contribution >= 4 is 33.3 Å². The summed E-state index contributed by atoms with van der Waals surface area (Å²) in [6, 6.07) is 2.42. The summed E-state index contributed by atoms with van der Waals surface area (Å²) in [5, 5.41) is 4.16. The van der Waals surface area contributed by atoms with E-state index in [-0.39, 0.29) is 0 Å². The van der Waals surface area contributed by atoms with Gasteiger partial charge < -0.3 is 10.2 Å². The van der Waals surface area contributed by atoms with Gasteiger partial charge in [0.15, 0.2) is 0 Å². The first kappa shape index (κ1) is 14.1. The number of anilines is 1. The van der Waals surface area contributed by atoms with Crippen molar-refractivity contribution in [3.05, 3.63) is 21.8 Å². The number of nitrogens with one attached hydrogen (secondary N) is 1.